The first-order chi connectivity index (χ1) is 28.0. The minimum Gasteiger partial charge on any atom is -0.278 e. The number of benzene rings is 9. The van der Waals surface area contributed by atoms with Gasteiger partial charge in [0.2, 0.25) is 5.95 Å². The molecule has 57 heavy (non-hydrogen) atoms. The van der Waals surface area contributed by atoms with Crippen LogP contribution in [0, 0.1) is 0 Å². The van der Waals surface area contributed by atoms with Gasteiger partial charge < -0.3 is 0 Å². The lowest BCUT2D eigenvalue weighted by Crippen LogP contribution is -2.18. The van der Waals surface area contributed by atoms with Crippen LogP contribution in [0.5, 0.6) is 0 Å². The van der Waals surface area contributed by atoms with Gasteiger partial charge in [-0.2, -0.15) is 0 Å². The molecule has 266 valence electrons. The standard InChI is InChI=1S/C53H33N3S/c1-53(2)42-24-11-9-21-39(42)49-48(53)50(40-23-13-22-38-35-19-10-12-25-45(35)57-51(38)40)55-52(54-49)56-43-27-26-37-34-18-6-5-16-32(34)33-17-7-8-20-36(33)46(37)47(43)41-28-30-14-3-4-15-31(30)29-44(41)56/h3-29H,1-2H3. The molecule has 1 aliphatic carbocycles. The average molecular weight is 744 g/mol. The van der Waals surface area contributed by atoms with E-state index in [-0.39, 0.29) is 5.41 Å². The molecule has 4 heteroatoms. The first-order valence-electron chi connectivity index (χ1n) is 19.7. The van der Waals surface area contributed by atoms with E-state index in [1.54, 1.807) is 0 Å². The Labute approximate surface area is 332 Å². The molecule has 0 atom stereocenters. The third kappa shape index (κ3) is 4.10. The highest BCUT2D eigenvalue weighted by Gasteiger charge is 2.40. The summed E-state index contributed by atoms with van der Waals surface area (Å²) < 4.78 is 4.90. The fourth-order valence-electron chi connectivity index (χ4n) is 10.2. The van der Waals surface area contributed by atoms with Crippen molar-refractivity contribution in [2.75, 3.05) is 0 Å². The third-order valence-corrected chi connectivity index (χ3v) is 14.0. The number of thiophene rings is 1. The minimum atomic E-state index is -0.300. The van der Waals surface area contributed by atoms with Gasteiger partial charge in [-0.1, -0.05) is 153 Å². The van der Waals surface area contributed by atoms with Crippen molar-refractivity contribution in [3.8, 4) is 28.5 Å². The Balaban J connectivity index is 1.23. The number of nitrogens with zero attached hydrogens (tertiary/aromatic N) is 3. The van der Waals surface area contributed by atoms with Gasteiger partial charge in [-0.15, -0.1) is 11.3 Å². The van der Waals surface area contributed by atoms with Crippen LogP contribution in [0.15, 0.2) is 164 Å². The Hall–Kier alpha value is -6.88. The van der Waals surface area contributed by atoms with Crippen LogP contribution in [-0.4, -0.2) is 14.5 Å². The van der Waals surface area contributed by atoms with Crippen molar-refractivity contribution in [1.29, 1.82) is 0 Å². The maximum Gasteiger partial charge on any atom is 0.235 e. The molecule has 0 N–H and O–H groups in total. The van der Waals surface area contributed by atoms with Crippen LogP contribution in [-0.2, 0) is 5.41 Å². The minimum absolute atomic E-state index is 0.300. The Kier molecular flexibility index (Phi) is 6.12. The predicted octanol–water partition coefficient (Wildman–Crippen LogP) is 14.5. The van der Waals surface area contributed by atoms with Gasteiger partial charge in [0, 0.05) is 58.4 Å². The van der Waals surface area contributed by atoms with Crippen LogP contribution >= 0.6 is 11.3 Å². The Morgan fingerprint density at radius 1 is 0.456 bits per heavy atom. The molecule has 0 bridgehead atoms. The van der Waals surface area contributed by atoms with Gasteiger partial charge in [0.15, 0.2) is 0 Å². The molecular weight excluding hydrogens is 711 g/mol. The summed E-state index contributed by atoms with van der Waals surface area (Å²) in [5.74, 6) is 0.689. The molecule has 0 aliphatic heterocycles. The fourth-order valence-corrected chi connectivity index (χ4v) is 11.5. The molecule has 0 saturated carbocycles. The van der Waals surface area contributed by atoms with Crippen LogP contribution in [0.2, 0.25) is 0 Å². The highest BCUT2D eigenvalue weighted by molar-refractivity contribution is 7.26. The summed E-state index contributed by atoms with van der Waals surface area (Å²) in [4.78, 5) is 11.5. The molecule has 1 aliphatic rings. The largest absolute Gasteiger partial charge is 0.278 e. The maximum atomic E-state index is 5.79. The highest BCUT2D eigenvalue weighted by Crippen LogP contribution is 2.53. The van der Waals surface area contributed by atoms with Crippen molar-refractivity contribution in [1.82, 2.24) is 14.5 Å². The molecule has 12 aromatic rings. The van der Waals surface area contributed by atoms with Crippen molar-refractivity contribution >= 4 is 96.4 Å². The fraction of sp³-hybridized carbons (Fsp3) is 0.0566. The summed E-state index contributed by atoms with van der Waals surface area (Å²) >= 11 is 1.86. The van der Waals surface area contributed by atoms with Gasteiger partial charge in [0.1, 0.15) is 0 Å². The zero-order chi connectivity index (χ0) is 37.6. The monoisotopic (exact) mass is 743 g/mol. The second-order valence-corrected chi connectivity index (χ2v) is 17.1. The molecule has 0 radical (unpaired) electrons. The Morgan fingerprint density at radius 2 is 1.04 bits per heavy atom. The van der Waals surface area contributed by atoms with E-state index in [1.165, 1.54) is 90.7 Å². The molecule has 0 saturated heterocycles. The summed E-state index contributed by atoms with van der Waals surface area (Å²) in [5, 5.41) is 15.0. The quantitative estimate of drug-likeness (QED) is 0.165. The lowest BCUT2D eigenvalue weighted by atomic mass is 9.81. The number of hydrogen-bond donors (Lipinski definition) is 0. The number of rotatable bonds is 2. The summed E-state index contributed by atoms with van der Waals surface area (Å²) in [5.41, 5.74) is 8.73. The molecule has 0 amide bonds. The molecule has 0 unspecified atom stereocenters. The summed E-state index contributed by atoms with van der Waals surface area (Å²) in [6, 6.07) is 60.1. The Morgan fingerprint density at radius 3 is 1.82 bits per heavy atom. The van der Waals surface area contributed by atoms with Gasteiger partial charge in [-0.25, -0.2) is 9.97 Å². The molecule has 9 aromatic carbocycles. The van der Waals surface area contributed by atoms with Gasteiger partial charge >= 0.3 is 0 Å². The summed E-state index contributed by atoms with van der Waals surface area (Å²) in [7, 11) is 0. The first-order valence-corrected chi connectivity index (χ1v) is 20.5. The van der Waals surface area contributed by atoms with E-state index in [9.17, 15) is 0 Å². The SMILES string of the molecule is CC1(C)c2ccccc2-c2nc(-n3c4cc5ccccc5cc4c4c5c6ccccc6c6ccccc6c5ccc43)nc(-c3cccc4c3sc3ccccc34)c21. The van der Waals surface area contributed by atoms with Crippen molar-refractivity contribution in [3.05, 3.63) is 175 Å². The topological polar surface area (TPSA) is 30.7 Å². The number of aromatic nitrogens is 3. The number of hydrogen-bond acceptors (Lipinski definition) is 3. The molecule has 3 heterocycles. The second-order valence-electron chi connectivity index (χ2n) is 16.1. The van der Waals surface area contributed by atoms with Crippen molar-refractivity contribution in [2.24, 2.45) is 0 Å². The van der Waals surface area contributed by atoms with Crippen molar-refractivity contribution in [2.45, 2.75) is 19.3 Å². The van der Waals surface area contributed by atoms with Crippen molar-refractivity contribution in [3.63, 3.8) is 0 Å². The van der Waals surface area contributed by atoms with E-state index in [4.69, 9.17) is 9.97 Å². The first kappa shape index (κ1) is 31.3. The Bertz CT molecular complexity index is 3700. The van der Waals surface area contributed by atoms with Crippen LogP contribution in [0.4, 0.5) is 0 Å². The summed E-state index contributed by atoms with van der Waals surface area (Å²) in [6.07, 6.45) is 0. The second kappa shape index (κ2) is 11.1. The normalized spacial score (nSPS) is 13.6. The van der Waals surface area contributed by atoms with E-state index in [0.717, 1.165) is 28.0 Å². The molecule has 3 nitrogen and oxygen atoms in total. The average Bonchev–Trinajstić information content (AvgIpc) is 3.88. The van der Waals surface area contributed by atoms with Crippen LogP contribution in [0.3, 0.4) is 0 Å². The maximum absolute atomic E-state index is 5.79. The third-order valence-electron chi connectivity index (χ3n) is 12.7. The molecule has 13 rings (SSSR count). The van der Waals surface area contributed by atoms with Crippen molar-refractivity contribution < 1.29 is 0 Å². The van der Waals surface area contributed by atoms with Crippen LogP contribution < -0.4 is 0 Å². The lowest BCUT2D eigenvalue weighted by Gasteiger charge is -2.24. The molecular formula is C53H33N3S. The zero-order valence-electron chi connectivity index (χ0n) is 31.3. The van der Waals surface area contributed by atoms with E-state index < -0.39 is 0 Å². The zero-order valence-corrected chi connectivity index (χ0v) is 32.2. The number of fused-ring (bicyclic) bond motifs is 17. The van der Waals surface area contributed by atoms with Crippen LogP contribution in [0.1, 0.15) is 25.0 Å². The van der Waals surface area contributed by atoms with Gasteiger partial charge in [0.25, 0.3) is 0 Å². The highest BCUT2D eigenvalue weighted by atomic mass is 32.1. The lowest BCUT2D eigenvalue weighted by molar-refractivity contribution is 0.657. The van der Waals surface area contributed by atoms with Gasteiger partial charge in [-0.05, 0) is 67.5 Å². The molecule has 3 aromatic heterocycles. The van der Waals surface area contributed by atoms with Crippen LogP contribution in [0.25, 0.3) is 114 Å². The van der Waals surface area contributed by atoms with E-state index in [2.05, 4.69) is 182 Å². The molecule has 0 spiro atoms. The van der Waals surface area contributed by atoms with Gasteiger partial charge in [0.05, 0.1) is 22.4 Å². The van der Waals surface area contributed by atoms with E-state index in [0.29, 0.717) is 5.95 Å². The van der Waals surface area contributed by atoms with E-state index >= 15 is 0 Å². The molecule has 0 fully saturated rings. The predicted molar refractivity (Wildman–Crippen MR) is 242 cm³/mol. The smallest absolute Gasteiger partial charge is 0.235 e. The summed E-state index contributed by atoms with van der Waals surface area (Å²) in [6.45, 7) is 4.67. The van der Waals surface area contributed by atoms with E-state index in [1.807, 2.05) is 11.3 Å². The van der Waals surface area contributed by atoms with Gasteiger partial charge in [-0.3, -0.25) is 4.57 Å².